The molecule has 1 rings (SSSR count). The van der Waals surface area contributed by atoms with E-state index in [9.17, 15) is 4.79 Å². The Balaban J connectivity index is 3.20. The van der Waals surface area contributed by atoms with Crippen molar-refractivity contribution in [2.24, 2.45) is 0 Å². The molecule has 13 heavy (non-hydrogen) atoms. The second-order valence-electron chi connectivity index (χ2n) is 2.58. The lowest BCUT2D eigenvalue weighted by molar-refractivity contribution is -0.103. The second-order valence-corrected chi connectivity index (χ2v) is 2.98. The highest BCUT2D eigenvalue weighted by Gasteiger charge is 2.00. The van der Waals surface area contributed by atoms with Crippen LogP contribution in [0.1, 0.15) is 11.1 Å². The van der Waals surface area contributed by atoms with Crippen LogP contribution in [0.2, 0.25) is 5.02 Å². The number of benzene rings is 1. The van der Waals surface area contributed by atoms with E-state index in [1.807, 2.05) is 6.92 Å². The zero-order valence-electron chi connectivity index (χ0n) is 7.10. The second kappa shape index (κ2) is 3.97. The van der Waals surface area contributed by atoms with Crippen molar-refractivity contribution in [1.82, 2.24) is 0 Å². The number of anilines is 1. The van der Waals surface area contributed by atoms with E-state index in [0.29, 0.717) is 22.6 Å². The number of carbonyl (C=O) groups excluding carboxylic acids is 1. The molecule has 0 spiro atoms. The lowest BCUT2D eigenvalue weighted by atomic mass is 10.1. The lowest BCUT2D eigenvalue weighted by Crippen LogP contribution is -1.91. The van der Waals surface area contributed by atoms with Crippen LogP contribution in [0.15, 0.2) is 12.1 Å². The molecule has 0 aromatic heterocycles. The van der Waals surface area contributed by atoms with Crippen LogP contribution in [-0.4, -0.2) is 6.29 Å². The maximum absolute atomic E-state index is 9.98. The first-order valence-corrected chi connectivity index (χ1v) is 4.03. The van der Waals surface area contributed by atoms with Gasteiger partial charge in [0, 0.05) is 5.56 Å². The van der Waals surface area contributed by atoms with Crippen LogP contribution < -0.4 is 5.73 Å². The summed E-state index contributed by atoms with van der Waals surface area (Å²) in [6.45, 7) is 1.84. The predicted octanol–water partition coefficient (Wildman–Crippen LogP) is 1.78. The molecule has 3 heteroatoms. The molecule has 0 saturated heterocycles. The minimum atomic E-state index is 0.468. The molecule has 0 heterocycles. The largest absolute Gasteiger partial charge is 0.397 e. The number of halogens is 1. The summed E-state index contributed by atoms with van der Waals surface area (Å²) in [6, 6.07) is 3.43. The van der Waals surface area contributed by atoms with E-state index in [1.54, 1.807) is 12.1 Å². The summed E-state index contributed by atoms with van der Waals surface area (Å²) in [7, 11) is 0. The monoisotopic (exact) mass is 193 g/mol. The number of hydrogen-bond acceptors (Lipinski definition) is 2. The van der Waals surface area contributed by atoms with Crippen molar-refractivity contribution in [3.8, 4) is 11.8 Å². The summed E-state index contributed by atoms with van der Waals surface area (Å²) in [4.78, 5) is 9.98. The Morgan fingerprint density at radius 3 is 2.77 bits per heavy atom. The Bertz CT molecular complexity index is 378. The van der Waals surface area contributed by atoms with Crippen LogP contribution in [0.25, 0.3) is 0 Å². The van der Waals surface area contributed by atoms with Gasteiger partial charge in [-0.2, -0.15) is 0 Å². The van der Waals surface area contributed by atoms with Gasteiger partial charge in [-0.15, -0.1) is 0 Å². The number of aldehydes is 1. The minimum absolute atomic E-state index is 0.468. The molecular weight excluding hydrogens is 186 g/mol. The molecular formula is C10H8ClNO. The minimum Gasteiger partial charge on any atom is -0.397 e. The smallest absolute Gasteiger partial charge is 0.193 e. The standard InChI is InChI=1S/C10H8ClNO/c1-7-5-8(3-2-4-13)6-9(11)10(7)12/h4-6H,12H2,1H3. The Kier molecular flexibility index (Phi) is 2.94. The van der Waals surface area contributed by atoms with Gasteiger partial charge < -0.3 is 5.73 Å². The number of carbonyl (C=O) groups is 1. The predicted molar refractivity (Wildman–Crippen MR) is 53.5 cm³/mol. The van der Waals surface area contributed by atoms with E-state index in [2.05, 4.69) is 11.8 Å². The highest BCUT2D eigenvalue weighted by molar-refractivity contribution is 6.33. The van der Waals surface area contributed by atoms with Gasteiger partial charge in [-0.3, -0.25) is 4.79 Å². The Morgan fingerprint density at radius 2 is 2.23 bits per heavy atom. The number of rotatable bonds is 0. The summed E-state index contributed by atoms with van der Waals surface area (Å²) in [5, 5.41) is 0.468. The van der Waals surface area contributed by atoms with Gasteiger partial charge >= 0.3 is 0 Å². The van der Waals surface area contributed by atoms with Crippen molar-refractivity contribution in [3.05, 3.63) is 28.3 Å². The van der Waals surface area contributed by atoms with Gasteiger partial charge in [0.25, 0.3) is 0 Å². The molecule has 1 aromatic carbocycles. The molecule has 0 fully saturated rings. The first-order chi connectivity index (χ1) is 6.15. The molecule has 0 unspecified atom stereocenters. The van der Waals surface area contributed by atoms with E-state index < -0.39 is 0 Å². The van der Waals surface area contributed by atoms with Crippen molar-refractivity contribution in [1.29, 1.82) is 0 Å². The fraction of sp³-hybridized carbons (Fsp3) is 0.100. The fourth-order valence-electron chi connectivity index (χ4n) is 0.940. The third kappa shape index (κ3) is 2.24. The molecule has 1 aromatic rings. The first kappa shape index (κ1) is 9.63. The van der Waals surface area contributed by atoms with Crippen LogP contribution in [0.3, 0.4) is 0 Å². The maximum atomic E-state index is 9.98. The maximum Gasteiger partial charge on any atom is 0.193 e. The van der Waals surface area contributed by atoms with Crippen molar-refractivity contribution in [2.75, 3.05) is 5.73 Å². The van der Waals surface area contributed by atoms with Gasteiger partial charge in [0.2, 0.25) is 0 Å². The highest BCUT2D eigenvalue weighted by atomic mass is 35.5. The molecule has 0 amide bonds. The summed E-state index contributed by atoms with van der Waals surface area (Å²) < 4.78 is 0. The molecule has 2 N–H and O–H groups in total. The molecule has 0 aliphatic rings. The van der Waals surface area contributed by atoms with Crippen LogP contribution in [0.4, 0.5) is 5.69 Å². The Labute approximate surface area is 81.7 Å². The van der Waals surface area contributed by atoms with E-state index in [1.165, 1.54) is 0 Å². The third-order valence-electron chi connectivity index (χ3n) is 1.61. The molecule has 0 atom stereocenters. The van der Waals surface area contributed by atoms with Crippen LogP contribution in [-0.2, 0) is 4.79 Å². The topological polar surface area (TPSA) is 43.1 Å². The number of nitrogen functional groups attached to an aromatic ring is 1. The van der Waals surface area contributed by atoms with Crippen LogP contribution >= 0.6 is 11.6 Å². The Hall–Kier alpha value is -1.46. The van der Waals surface area contributed by atoms with Gasteiger partial charge in [0.05, 0.1) is 10.7 Å². The zero-order valence-corrected chi connectivity index (χ0v) is 7.85. The average Bonchev–Trinajstić information content (AvgIpc) is 2.10. The van der Waals surface area contributed by atoms with E-state index in [-0.39, 0.29) is 0 Å². The van der Waals surface area contributed by atoms with Gasteiger partial charge in [-0.25, -0.2) is 0 Å². The quantitative estimate of drug-likeness (QED) is 0.388. The summed E-state index contributed by atoms with van der Waals surface area (Å²) >= 11 is 5.82. The molecule has 2 nitrogen and oxygen atoms in total. The summed E-state index contributed by atoms with van der Waals surface area (Å²) in [6.07, 6.45) is 0.541. The van der Waals surface area contributed by atoms with Gasteiger partial charge in [0.15, 0.2) is 6.29 Å². The van der Waals surface area contributed by atoms with Crippen molar-refractivity contribution >= 4 is 23.6 Å². The van der Waals surface area contributed by atoms with Crippen molar-refractivity contribution < 1.29 is 4.79 Å². The van der Waals surface area contributed by atoms with Crippen molar-refractivity contribution in [2.45, 2.75) is 6.92 Å². The molecule has 0 aliphatic carbocycles. The van der Waals surface area contributed by atoms with Gasteiger partial charge in [0.1, 0.15) is 0 Å². The van der Waals surface area contributed by atoms with E-state index >= 15 is 0 Å². The van der Waals surface area contributed by atoms with Crippen molar-refractivity contribution in [3.63, 3.8) is 0 Å². The summed E-state index contributed by atoms with van der Waals surface area (Å²) in [5.41, 5.74) is 7.75. The van der Waals surface area contributed by atoms with Gasteiger partial charge in [-0.05, 0) is 30.5 Å². The highest BCUT2D eigenvalue weighted by Crippen LogP contribution is 2.23. The lowest BCUT2D eigenvalue weighted by Gasteiger charge is -2.02. The molecule has 0 radical (unpaired) electrons. The van der Waals surface area contributed by atoms with Crippen LogP contribution in [0, 0.1) is 18.8 Å². The number of hydrogen-bond donors (Lipinski definition) is 1. The molecule has 0 saturated carbocycles. The fourth-order valence-corrected chi connectivity index (χ4v) is 1.21. The zero-order chi connectivity index (χ0) is 9.84. The SMILES string of the molecule is Cc1cc(C#CC=O)cc(Cl)c1N. The van der Waals surface area contributed by atoms with Gasteiger partial charge in [-0.1, -0.05) is 17.5 Å². The molecule has 0 aliphatic heterocycles. The third-order valence-corrected chi connectivity index (χ3v) is 1.92. The number of nitrogens with two attached hydrogens (primary N) is 1. The normalized spacial score (nSPS) is 8.77. The number of aryl methyl sites for hydroxylation is 1. The van der Waals surface area contributed by atoms with Crippen LogP contribution in [0.5, 0.6) is 0 Å². The van der Waals surface area contributed by atoms with E-state index in [0.717, 1.165) is 5.56 Å². The summed E-state index contributed by atoms with van der Waals surface area (Å²) in [5.74, 6) is 4.95. The Morgan fingerprint density at radius 1 is 1.54 bits per heavy atom. The average molecular weight is 194 g/mol. The first-order valence-electron chi connectivity index (χ1n) is 3.66. The molecule has 0 bridgehead atoms. The molecule has 66 valence electrons. The van der Waals surface area contributed by atoms with E-state index in [4.69, 9.17) is 17.3 Å².